The topological polar surface area (TPSA) is 157 Å². The molecule has 11 nitrogen and oxygen atoms in total. The third-order valence-corrected chi connectivity index (χ3v) is 5.94. The zero-order valence-electron chi connectivity index (χ0n) is 18.9. The van der Waals surface area contributed by atoms with E-state index in [4.69, 9.17) is 10.5 Å². The van der Waals surface area contributed by atoms with Crippen molar-refractivity contribution >= 4 is 28.6 Å². The molecule has 0 spiro atoms. The van der Waals surface area contributed by atoms with Crippen LogP contribution in [0.4, 0.5) is 5.69 Å². The summed E-state index contributed by atoms with van der Waals surface area (Å²) in [4.78, 5) is 21.5. The van der Waals surface area contributed by atoms with E-state index in [0.29, 0.717) is 39.8 Å². The number of hydrogen-bond acceptors (Lipinski definition) is 7. The molecule has 4 rings (SSSR count). The van der Waals surface area contributed by atoms with Crippen molar-refractivity contribution in [1.82, 2.24) is 19.9 Å². The molecule has 0 saturated carbocycles. The van der Waals surface area contributed by atoms with E-state index < -0.39 is 16.7 Å². The molecule has 1 unspecified atom stereocenters. The number of rotatable bonds is 7. The average molecular weight is 484 g/mol. The van der Waals surface area contributed by atoms with Crippen LogP contribution in [-0.2, 0) is 17.8 Å². The second-order valence-electron chi connectivity index (χ2n) is 8.34. The number of aliphatic hydroxyl groups is 1. The number of carbonyl (C=O) groups excluding carboxylic acids is 1. The molecule has 1 aromatic carbocycles. The number of pyridine rings is 1. The van der Waals surface area contributed by atoms with E-state index in [-0.39, 0.29) is 25.0 Å². The number of aryl methyl sites for hydroxylation is 1. The van der Waals surface area contributed by atoms with Gasteiger partial charge in [-0.25, -0.2) is 14.2 Å². The van der Waals surface area contributed by atoms with Gasteiger partial charge in [0.1, 0.15) is 30.3 Å². The van der Waals surface area contributed by atoms with Crippen molar-refractivity contribution in [3.63, 3.8) is 0 Å². The van der Waals surface area contributed by atoms with Gasteiger partial charge < -0.3 is 20.9 Å². The fourth-order valence-corrected chi connectivity index (χ4v) is 4.14. The number of fused-ring (bicyclic) bond motifs is 1. The first-order chi connectivity index (χ1) is 16.2. The van der Waals surface area contributed by atoms with Crippen LogP contribution >= 0.6 is 0 Å². The lowest BCUT2D eigenvalue weighted by Crippen LogP contribution is -2.48. The first-order valence-corrected chi connectivity index (χ1v) is 11.5. The molecule has 0 aliphatic carbocycles. The SMILES string of the molecule is Cc1ncn(-c2cc(C(=O)NC(C)(C)COc3cccc4c3C(N)=NS(=O)N4)ccn2)c1CO. The Balaban J connectivity index is 1.48. The minimum absolute atomic E-state index is 0.117. The molecule has 1 atom stereocenters. The number of imidazole rings is 1. The Kier molecular flexibility index (Phi) is 6.35. The maximum Gasteiger partial charge on any atom is 0.252 e. The fourth-order valence-electron chi connectivity index (χ4n) is 3.47. The fraction of sp³-hybridized carbons (Fsp3) is 0.273. The molecule has 178 valence electrons. The highest BCUT2D eigenvalue weighted by Gasteiger charge is 2.25. The second-order valence-corrected chi connectivity index (χ2v) is 9.23. The van der Waals surface area contributed by atoms with Crippen LogP contribution in [-0.4, -0.2) is 47.7 Å². The van der Waals surface area contributed by atoms with Gasteiger partial charge in [0.25, 0.3) is 5.91 Å². The Morgan fingerprint density at radius 3 is 2.88 bits per heavy atom. The summed E-state index contributed by atoms with van der Waals surface area (Å²) in [5.41, 5.74) is 7.98. The number of amides is 1. The standard InChI is InChI=1S/C22H25N7O4S/c1-13-16(10-30)29(12-25-13)18-9-14(7-8-24-18)21(31)26-22(2,3)11-33-17-6-4-5-15-19(17)20(23)28-34(32)27-15/h4-9,12,27,30H,10-11H2,1-3H3,(H2,23,28)(H,26,31). The van der Waals surface area contributed by atoms with E-state index in [1.807, 2.05) is 13.8 Å². The van der Waals surface area contributed by atoms with Crippen LogP contribution in [0.25, 0.3) is 5.82 Å². The molecular weight excluding hydrogens is 458 g/mol. The Bertz CT molecular complexity index is 1300. The number of benzene rings is 1. The summed E-state index contributed by atoms with van der Waals surface area (Å²) in [6.45, 7) is 5.39. The van der Waals surface area contributed by atoms with Gasteiger partial charge in [-0.15, -0.1) is 0 Å². The summed E-state index contributed by atoms with van der Waals surface area (Å²) >= 11 is -1.63. The number of anilines is 1. The molecule has 0 radical (unpaired) electrons. The molecule has 34 heavy (non-hydrogen) atoms. The highest BCUT2D eigenvalue weighted by molar-refractivity contribution is 7.85. The first-order valence-electron chi connectivity index (χ1n) is 10.4. The van der Waals surface area contributed by atoms with Gasteiger partial charge in [-0.05, 0) is 45.0 Å². The van der Waals surface area contributed by atoms with Crippen LogP contribution in [0, 0.1) is 6.92 Å². The number of nitrogens with two attached hydrogens (primary N) is 1. The quantitative estimate of drug-likeness (QED) is 0.395. The smallest absolute Gasteiger partial charge is 0.252 e. The van der Waals surface area contributed by atoms with Gasteiger partial charge in [0.05, 0.1) is 34.8 Å². The summed E-state index contributed by atoms with van der Waals surface area (Å²) in [7, 11) is 0. The maximum absolute atomic E-state index is 13.0. The Morgan fingerprint density at radius 2 is 2.12 bits per heavy atom. The van der Waals surface area contributed by atoms with Crippen molar-refractivity contribution in [1.29, 1.82) is 0 Å². The van der Waals surface area contributed by atoms with Crippen molar-refractivity contribution in [3.8, 4) is 11.6 Å². The molecule has 0 bridgehead atoms. The molecule has 0 saturated heterocycles. The molecule has 3 aromatic rings. The Hall–Kier alpha value is -3.77. The van der Waals surface area contributed by atoms with E-state index >= 15 is 0 Å². The van der Waals surface area contributed by atoms with Gasteiger partial charge in [0.2, 0.25) is 11.2 Å². The van der Waals surface area contributed by atoms with Crippen LogP contribution < -0.4 is 20.5 Å². The van der Waals surface area contributed by atoms with Crippen molar-refractivity contribution < 1.29 is 18.8 Å². The van der Waals surface area contributed by atoms with Gasteiger partial charge in [0.15, 0.2) is 0 Å². The number of aliphatic hydroxyl groups excluding tert-OH is 1. The van der Waals surface area contributed by atoms with Crippen molar-refractivity contribution in [3.05, 3.63) is 65.4 Å². The normalized spacial score (nSPS) is 15.2. The predicted octanol–water partition coefficient (Wildman–Crippen LogP) is 1.36. The number of ether oxygens (including phenoxy) is 1. The van der Waals surface area contributed by atoms with Gasteiger partial charge in [-0.3, -0.25) is 14.1 Å². The minimum atomic E-state index is -1.63. The van der Waals surface area contributed by atoms with Crippen molar-refractivity contribution in [2.75, 3.05) is 11.3 Å². The molecule has 2 aromatic heterocycles. The van der Waals surface area contributed by atoms with E-state index in [1.165, 1.54) is 6.20 Å². The highest BCUT2D eigenvalue weighted by Crippen LogP contribution is 2.30. The third kappa shape index (κ3) is 4.77. The summed E-state index contributed by atoms with van der Waals surface area (Å²) in [5, 5.41) is 12.6. The van der Waals surface area contributed by atoms with Crippen LogP contribution in [0.5, 0.6) is 5.75 Å². The molecule has 12 heteroatoms. The van der Waals surface area contributed by atoms with Gasteiger partial charge in [-0.2, -0.15) is 4.40 Å². The summed E-state index contributed by atoms with van der Waals surface area (Å²) < 4.78 is 25.9. The monoisotopic (exact) mass is 483 g/mol. The molecule has 1 amide bonds. The van der Waals surface area contributed by atoms with Crippen LogP contribution in [0.1, 0.15) is 41.2 Å². The van der Waals surface area contributed by atoms with Gasteiger partial charge in [0, 0.05) is 11.8 Å². The Morgan fingerprint density at radius 1 is 1.32 bits per heavy atom. The number of carbonyl (C=O) groups is 1. The predicted molar refractivity (Wildman–Crippen MR) is 128 cm³/mol. The zero-order chi connectivity index (χ0) is 24.5. The number of amidine groups is 1. The van der Waals surface area contributed by atoms with E-state index in [0.717, 1.165) is 0 Å². The summed E-state index contributed by atoms with van der Waals surface area (Å²) in [5.74, 6) is 0.740. The number of nitrogens with one attached hydrogen (secondary N) is 2. The van der Waals surface area contributed by atoms with Gasteiger partial charge in [-0.1, -0.05) is 6.07 Å². The largest absolute Gasteiger partial charge is 0.490 e. The molecular formula is C22H25N7O4S. The molecule has 0 fully saturated rings. The molecule has 3 heterocycles. The van der Waals surface area contributed by atoms with Crippen LogP contribution in [0.3, 0.4) is 0 Å². The average Bonchev–Trinajstić information content (AvgIpc) is 3.17. The third-order valence-electron chi connectivity index (χ3n) is 5.18. The summed E-state index contributed by atoms with van der Waals surface area (Å²) in [6.07, 6.45) is 3.09. The molecule has 5 N–H and O–H groups in total. The van der Waals surface area contributed by atoms with E-state index in [9.17, 15) is 14.1 Å². The van der Waals surface area contributed by atoms with Crippen LogP contribution in [0.2, 0.25) is 0 Å². The van der Waals surface area contributed by atoms with E-state index in [2.05, 4.69) is 24.4 Å². The van der Waals surface area contributed by atoms with Crippen molar-refractivity contribution in [2.24, 2.45) is 10.1 Å². The number of nitrogens with zero attached hydrogens (tertiary/aromatic N) is 4. The first kappa shape index (κ1) is 23.4. The molecule has 1 aliphatic rings. The summed E-state index contributed by atoms with van der Waals surface area (Å²) in [6, 6.07) is 8.45. The lowest BCUT2D eigenvalue weighted by Gasteiger charge is -2.27. The minimum Gasteiger partial charge on any atom is -0.490 e. The maximum atomic E-state index is 13.0. The van der Waals surface area contributed by atoms with Crippen LogP contribution in [0.15, 0.2) is 47.3 Å². The lowest BCUT2D eigenvalue weighted by molar-refractivity contribution is 0.0880. The zero-order valence-corrected chi connectivity index (χ0v) is 19.7. The number of hydrogen-bond donors (Lipinski definition) is 4. The van der Waals surface area contributed by atoms with Gasteiger partial charge >= 0.3 is 0 Å². The van der Waals surface area contributed by atoms with Crippen molar-refractivity contribution in [2.45, 2.75) is 32.9 Å². The lowest BCUT2D eigenvalue weighted by atomic mass is 10.1. The second kappa shape index (κ2) is 9.23. The highest BCUT2D eigenvalue weighted by atomic mass is 32.2. The number of aromatic nitrogens is 3. The molecule has 1 aliphatic heterocycles. The van der Waals surface area contributed by atoms with E-state index in [1.54, 1.807) is 48.1 Å². The Labute approximate surface area is 198 Å².